The molecule has 0 N–H and O–H groups in total. The van der Waals surface area contributed by atoms with E-state index in [9.17, 15) is 4.39 Å². The number of rotatable bonds is 2. The second-order valence-electron chi connectivity index (χ2n) is 2.34. The molecule has 11 heavy (non-hydrogen) atoms. The van der Waals surface area contributed by atoms with Crippen LogP contribution in [-0.4, -0.2) is 6.61 Å². The molecule has 0 saturated carbocycles. The average molecular weight is 154 g/mol. The van der Waals surface area contributed by atoms with Gasteiger partial charge in [0.2, 0.25) is 0 Å². The molecule has 60 valence electrons. The minimum absolute atomic E-state index is 0.212. The maximum Gasteiger partial charge on any atom is 0.129 e. The second kappa shape index (κ2) is 3.37. The summed E-state index contributed by atoms with van der Waals surface area (Å²) in [6, 6.07) is 4.88. The lowest BCUT2D eigenvalue weighted by Crippen LogP contribution is -1.92. The molecule has 0 saturated heterocycles. The molecular weight excluding hydrogens is 143 g/mol. The van der Waals surface area contributed by atoms with Crippen molar-refractivity contribution in [2.45, 2.75) is 13.8 Å². The Hall–Kier alpha value is -1.05. The molecule has 1 nitrogen and oxygen atoms in total. The lowest BCUT2D eigenvalue weighted by Gasteiger charge is -2.02. The summed E-state index contributed by atoms with van der Waals surface area (Å²) in [5.74, 6) is 0.381. The molecule has 0 radical (unpaired) electrons. The summed E-state index contributed by atoms with van der Waals surface area (Å²) in [5, 5.41) is 0. The van der Waals surface area contributed by atoms with E-state index in [-0.39, 0.29) is 5.82 Å². The highest BCUT2D eigenvalue weighted by atomic mass is 19.1. The van der Waals surface area contributed by atoms with Crippen LogP contribution in [0.2, 0.25) is 0 Å². The molecule has 0 atom stereocenters. The van der Waals surface area contributed by atoms with E-state index in [4.69, 9.17) is 4.74 Å². The van der Waals surface area contributed by atoms with Crippen molar-refractivity contribution in [3.8, 4) is 5.75 Å². The van der Waals surface area contributed by atoms with E-state index in [1.165, 1.54) is 6.07 Å². The molecule has 0 aliphatic carbocycles. The van der Waals surface area contributed by atoms with Crippen LogP contribution < -0.4 is 4.74 Å². The van der Waals surface area contributed by atoms with Gasteiger partial charge in [-0.25, -0.2) is 4.39 Å². The quantitative estimate of drug-likeness (QED) is 0.636. The minimum Gasteiger partial charge on any atom is -0.494 e. The van der Waals surface area contributed by atoms with Crippen molar-refractivity contribution in [3.05, 3.63) is 29.6 Å². The van der Waals surface area contributed by atoms with Crippen molar-refractivity contribution in [1.82, 2.24) is 0 Å². The highest BCUT2D eigenvalue weighted by molar-refractivity contribution is 5.27. The molecule has 0 aliphatic heterocycles. The Morgan fingerprint density at radius 2 is 2.18 bits per heavy atom. The Balaban J connectivity index is 2.86. The van der Waals surface area contributed by atoms with Crippen LogP contribution in [0.1, 0.15) is 12.5 Å². The average Bonchev–Trinajstić information content (AvgIpc) is 1.98. The van der Waals surface area contributed by atoms with E-state index in [1.807, 2.05) is 6.92 Å². The van der Waals surface area contributed by atoms with Crippen LogP contribution in [0, 0.1) is 12.7 Å². The fourth-order valence-corrected chi connectivity index (χ4v) is 0.830. The summed E-state index contributed by atoms with van der Waals surface area (Å²) in [6.07, 6.45) is 0. The standard InChI is InChI=1S/C9H11FO/c1-3-11-8-5-4-7(2)9(10)6-8/h4-6H,3H2,1-2H3. The molecule has 1 rings (SSSR count). The van der Waals surface area contributed by atoms with Crippen molar-refractivity contribution in [1.29, 1.82) is 0 Å². The van der Waals surface area contributed by atoms with Crippen LogP contribution in [-0.2, 0) is 0 Å². The third-order valence-electron chi connectivity index (χ3n) is 1.45. The monoisotopic (exact) mass is 154 g/mol. The van der Waals surface area contributed by atoms with E-state index in [0.717, 1.165) is 0 Å². The number of hydrogen-bond acceptors (Lipinski definition) is 1. The first-order chi connectivity index (χ1) is 5.24. The summed E-state index contributed by atoms with van der Waals surface area (Å²) in [5.41, 5.74) is 0.647. The zero-order valence-electron chi connectivity index (χ0n) is 6.73. The van der Waals surface area contributed by atoms with Gasteiger partial charge in [-0.15, -0.1) is 0 Å². The third-order valence-corrected chi connectivity index (χ3v) is 1.45. The first-order valence-corrected chi connectivity index (χ1v) is 3.63. The summed E-state index contributed by atoms with van der Waals surface area (Å²) in [7, 11) is 0. The summed E-state index contributed by atoms with van der Waals surface area (Å²) in [4.78, 5) is 0. The van der Waals surface area contributed by atoms with Crippen molar-refractivity contribution in [2.24, 2.45) is 0 Å². The Kier molecular flexibility index (Phi) is 2.47. The van der Waals surface area contributed by atoms with Gasteiger partial charge in [-0.05, 0) is 25.5 Å². The Bertz CT molecular complexity index is 245. The maximum absolute atomic E-state index is 12.8. The van der Waals surface area contributed by atoms with Gasteiger partial charge >= 0.3 is 0 Å². The van der Waals surface area contributed by atoms with Gasteiger partial charge in [-0.3, -0.25) is 0 Å². The molecule has 0 heterocycles. The van der Waals surface area contributed by atoms with Crippen LogP contribution in [0.15, 0.2) is 18.2 Å². The molecule has 1 aromatic rings. The number of ether oxygens (including phenoxy) is 1. The third kappa shape index (κ3) is 1.93. The SMILES string of the molecule is CCOc1ccc(C)c(F)c1. The van der Waals surface area contributed by atoms with Gasteiger partial charge in [0, 0.05) is 6.07 Å². The van der Waals surface area contributed by atoms with Crippen LogP contribution in [0.5, 0.6) is 5.75 Å². The smallest absolute Gasteiger partial charge is 0.129 e. The lowest BCUT2D eigenvalue weighted by molar-refractivity contribution is 0.338. The molecule has 0 spiro atoms. The predicted molar refractivity (Wildman–Crippen MR) is 42.3 cm³/mol. The van der Waals surface area contributed by atoms with E-state index in [1.54, 1.807) is 19.1 Å². The van der Waals surface area contributed by atoms with Crippen molar-refractivity contribution < 1.29 is 9.13 Å². The van der Waals surface area contributed by atoms with E-state index < -0.39 is 0 Å². The molecule has 0 amide bonds. The van der Waals surface area contributed by atoms with Crippen molar-refractivity contribution in [2.75, 3.05) is 6.61 Å². The summed E-state index contributed by atoms with van der Waals surface area (Å²) in [6.45, 7) is 4.17. The minimum atomic E-state index is -0.212. The van der Waals surface area contributed by atoms with Gasteiger partial charge < -0.3 is 4.74 Å². The molecule has 1 aromatic carbocycles. The van der Waals surface area contributed by atoms with Gasteiger partial charge in [0.05, 0.1) is 6.61 Å². The van der Waals surface area contributed by atoms with Crippen LogP contribution in [0.25, 0.3) is 0 Å². The molecular formula is C9H11FO. The van der Waals surface area contributed by atoms with E-state index >= 15 is 0 Å². The van der Waals surface area contributed by atoms with Gasteiger partial charge in [0.15, 0.2) is 0 Å². The first kappa shape index (κ1) is 8.05. The lowest BCUT2D eigenvalue weighted by atomic mass is 10.2. The van der Waals surface area contributed by atoms with Crippen LogP contribution >= 0.6 is 0 Å². The molecule has 0 aromatic heterocycles. The fraction of sp³-hybridized carbons (Fsp3) is 0.333. The highest BCUT2D eigenvalue weighted by Gasteiger charge is 1.97. The van der Waals surface area contributed by atoms with Crippen LogP contribution in [0.3, 0.4) is 0 Å². The van der Waals surface area contributed by atoms with E-state index in [0.29, 0.717) is 17.9 Å². The Morgan fingerprint density at radius 1 is 1.45 bits per heavy atom. The molecule has 0 bridgehead atoms. The van der Waals surface area contributed by atoms with Gasteiger partial charge in [-0.1, -0.05) is 6.07 Å². The number of aryl methyl sites for hydroxylation is 1. The molecule has 0 aliphatic rings. The molecule has 2 heteroatoms. The molecule has 0 fully saturated rings. The second-order valence-corrected chi connectivity index (χ2v) is 2.34. The maximum atomic E-state index is 12.8. The zero-order valence-corrected chi connectivity index (χ0v) is 6.73. The highest BCUT2D eigenvalue weighted by Crippen LogP contribution is 2.15. The number of benzene rings is 1. The van der Waals surface area contributed by atoms with E-state index in [2.05, 4.69) is 0 Å². The normalized spacial score (nSPS) is 9.73. The Morgan fingerprint density at radius 3 is 2.73 bits per heavy atom. The number of hydrogen-bond donors (Lipinski definition) is 0. The largest absolute Gasteiger partial charge is 0.494 e. The first-order valence-electron chi connectivity index (χ1n) is 3.63. The fourth-order valence-electron chi connectivity index (χ4n) is 0.830. The Labute approximate surface area is 65.8 Å². The van der Waals surface area contributed by atoms with Gasteiger partial charge in [0.1, 0.15) is 11.6 Å². The topological polar surface area (TPSA) is 9.23 Å². The zero-order chi connectivity index (χ0) is 8.27. The summed E-state index contributed by atoms with van der Waals surface area (Å²) < 4.78 is 17.9. The molecule has 0 unspecified atom stereocenters. The predicted octanol–water partition coefficient (Wildman–Crippen LogP) is 2.53. The summed E-state index contributed by atoms with van der Waals surface area (Å²) >= 11 is 0. The van der Waals surface area contributed by atoms with Gasteiger partial charge in [0.25, 0.3) is 0 Å². The van der Waals surface area contributed by atoms with Crippen molar-refractivity contribution >= 4 is 0 Å². The van der Waals surface area contributed by atoms with Gasteiger partial charge in [-0.2, -0.15) is 0 Å². The van der Waals surface area contributed by atoms with Crippen LogP contribution in [0.4, 0.5) is 4.39 Å². The number of halogens is 1. The van der Waals surface area contributed by atoms with Crippen molar-refractivity contribution in [3.63, 3.8) is 0 Å².